The number of hydrogen-bond acceptors (Lipinski definition) is 4. The number of Topliss-reactive ketones (excluding diaryl/α,β-unsaturated/α-hetero) is 1. The predicted octanol–water partition coefficient (Wildman–Crippen LogP) is 1.94. The molecule has 1 N–H and O–H groups in total. The molecule has 1 rings (SSSR count). The van der Waals surface area contributed by atoms with Crippen LogP contribution in [-0.2, 0) is 9.53 Å². The maximum Gasteiger partial charge on any atom is 0.339 e. The summed E-state index contributed by atoms with van der Waals surface area (Å²) in [5.41, 5.74) is 1.64. The number of hydrogen-bond donors (Lipinski definition) is 1. The van der Waals surface area contributed by atoms with Crippen LogP contribution in [0.3, 0.4) is 0 Å². The maximum atomic E-state index is 11.6. The van der Waals surface area contributed by atoms with Gasteiger partial charge in [-0.1, -0.05) is 0 Å². The molecule has 0 aliphatic carbocycles. The van der Waals surface area contributed by atoms with Crippen molar-refractivity contribution >= 4 is 23.3 Å². The number of amides is 1. The number of anilines is 1. The summed E-state index contributed by atoms with van der Waals surface area (Å²) in [5.74, 6) is -1.04. The number of nitrogens with one attached hydrogen (secondary N) is 1. The van der Waals surface area contributed by atoms with Crippen LogP contribution in [0.5, 0.6) is 0 Å². The van der Waals surface area contributed by atoms with E-state index in [1.165, 1.54) is 27.0 Å². The number of carbonyl (C=O) groups is 3. The van der Waals surface area contributed by atoms with Crippen molar-refractivity contribution in [3.63, 3.8) is 0 Å². The van der Waals surface area contributed by atoms with Crippen LogP contribution >= 0.6 is 0 Å². The Kier molecular flexibility index (Phi) is 4.20. The minimum atomic E-state index is -0.596. The molecule has 0 saturated heterocycles. The third kappa shape index (κ3) is 2.94. The van der Waals surface area contributed by atoms with Crippen molar-refractivity contribution in [2.24, 2.45) is 0 Å². The second kappa shape index (κ2) is 5.44. The molecule has 0 bridgehead atoms. The highest BCUT2D eigenvalue weighted by Gasteiger charge is 2.17. The molecule has 0 radical (unpaired) electrons. The first-order valence-electron chi connectivity index (χ1n) is 5.38. The lowest BCUT2D eigenvalue weighted by molar-refractivity contribution is -0.114. The Bertz CT molecular complexity index is 520. The van der Waals surface area contributed by atoms with Crippen LogP contribution in [0.15, 0.2) is 12.1 Å². The molecule has 5 heteroatoms. The summed E-state index contributed by atoms with van der Waals surface area (Å²) in [7, 11) is 1.24. The van der Waals surface area contributed by atoms with E-state index >= 15 is 0 Å². The van der Waals surface area contributed by atoms with E-state index in [1.54, 1.807) is 13.0 Å². The van der Waals surface area contributed by atoms with E-state index in [0.717, 1.165) is 0 Å². The lowest BCUT2D eigenvalue weighted by atomic mass is 10.00. The van der Waals surface area contributed by atoms with Crippen molar-refractivity contribution in [3.05, 3.63) is 28.8 Å². The van der Waals surface area contributed by atoms with E-state index in [9.17, 15) is 14.4 Å². The number of methoxy groups -OCH3 is 1. The van der Waals surface area contributed by atoms with Gasteiger partial charge in [-0.3, -0.25) is 9.59 Å². The van der Waals surface area contributed by atoms with Crippen LogP contribution < -0.4 is 5.32 Å². The number of ether oxygens (including phenoxy) is 1. The molecule has 1 aromatic carbocycles. The van der Waals surface area contributed by atoms with Gasteiger partial charge in [0, 0.05) is 12.5 Å². The minimum Gasteiger partial charge on any atom is -0.465 e. The average Bonchev–Trinajstić information content (AvgIpc) is 2.27. The van der Waals surface area contributed by atoms with Crippen LogP contribution in [-0.4, -0.2) is 24.8 Å². The summed E-state index contributed by atoms with van der Waals surface area (Å²) in [4.78, 5) is 34.1. The lowest BCUT2D eigenvalue weighted by Crippen LogP contribution is -2.14. The summed E-state index contributed by atoms with van der Waals surface area (Å²) >= 11 is 0. The van der Waals surface area contributed by atoms with E-state index in [1.807, 2.05) is 0 Å². The summed E-state index contributed by atoms with van der Waals surface area (Å²) in [6, 6.07) is 3.03. The molecule has 0 aliphatic rings. The van der Waals surface area contributed by atoms with Gasteiger partial charge in [0.1, 0.15) is 0 Å². The Labute approximate surface area is 105 Å². The molecule has 5 nitrogen and oxygen atoms in total. The fourth-order valence-corrected chi connectivity index (χ4v) is 1.66. The van der Waals surface area contributed by atoms with Crippen molar-refractivity contribution in [1.82, 2.24) is 0 Å². The molecule has 0 atom stereocenters. The highest BCUT2D eigenvalue weighted by molar-refractivity contribution is 6.04. The van der Waals surface area contributed by atoms with Crippen molar-refractivity contribution in [3.8, 4) is 0 Å². The molecule has 1 aromatic rings. The maximum absolute atomic E-state index is 11.6. The first kappa shape index (κ1) is 13.9. The predicted molar refractivity (Wildman–Crippen MR) is 66.8 cm³/mol. The van der Waals surface area contributed by atoms with Gasteiger partial charge in [0.25, 0.3) is 0 Å². The Balaban J connectivity index is 3.41. The summed E-state index contributed by atoms with van der Waals surface area (Å²) in [6.45, 7) is 4.50. The Morgan fingerprint density at radius 1 is 1.11 bits per heavy atom. The Hall–Kier alpha value is -2.17. The molecule has 0 heterocycles. The van der Waals surface area contributed by atoms with Crippen LogP contribution in [0.1, 0.15) is 40.1 Å². The van der Waals surface area contributed by atoms with Crippen molar-refractivity contribution < 1.29 is 19.1 Å². The van der Waals surface area contributed by atoms with Crippen LogP contribution in [0.25, 0.3) is 0 Å². The van der Waals surface area contributed by atoms with Gasteiger partial charge in [-0.15, -0.1) is 0 Å². The van der Waals surface area contributed by atoms with Crippen LogP contribution in [0.2, 0.25) is 0 Å². The second-order valence-corrected chi connectivity index (χ2v) is 3.94. The Morgan fingerprint density at radius 2 is 1.72 bits per heavy atom. The third-order valence-electron chi connectivity index (χ3n) is 2.46. The third-order valence-corrected chi connectivity index (χ3v) is 2.46. The van der Waals surface area contributed by atoms with Crippen molar-refractivity contribution in [2.45, 2.75) is 20.8 Å². The zero-order valence-electron chi connectivity index (χ0n) is 10.8. The van der Waals surface area contributed by atoms with E-state index in [-0.39, 0.29) is 17.3 Å². The standard InChI is InChI=1S/C13H15NO4/c1-7-5-12(14-9(3)16)11(13(17)18-4)6-10(7)8(2)15/h5-6H,1-4H3,(H,14,16). The SMILES string of the molecule is COC(=O)c1cc(C(C)=O)c(C)cc1NC(C)=O. The number of aryl methyl sites for hydroxylation is 1. The molecule has 1 amide bonds. The molecular weight excluding hydrogens is 234 g/mol. The zero-order chi connectivity index (χ0) is 13.9. The van der Waals surface area contributed by atoms with Crippen LogP contribution in [0, 0.1) is 6.92 Å². The van der Waals surface area contributed by atoms with Crippen LogP contribution in [0.4, 0.5) is 5.69 Å². The van der Waals surface area contributed by atoms with Gasteiger partial charge in [-0.05, 0) is 31.5 Å². The zero-order valence-corrected chi connectivity index (χ0v) is 10.8. The monoisotopic (exact) mass is 249 g/mol. The van der Waals surface area contributed by atoms with Crippen molar-refractivity contribution in [2.75, 3.05) is 12.4 Å². The van der Waals surface area contributed by atoms with Gasteiger partial charge in [-0.25, -0.2) is 4.79 Å². The molecule has 0 fully saturated rings. The fraction of sp³-hybridized carbons (Fsp3) is 0.308. The van der Waals surface area contributed by atoms with E-state index in [2.05, 4.69) is 10.1 Å². The lowest BCUT2D eigenvalue weighted by Gasteiger charge is -2.12. The quantitative estimate of drug-likeness (QED) is 0.656. The molecule has 0 spiro atoms. The van der Waals surface area contributed by atoms with E-state index < -0.39 is 5.97 Å². The fourth-order valence-electron chi connectivity index (χ4n) is 1.66. The molecule has 96 valence electrons. The van der Waals surface area contributed by atoms with Gasteiger partial charge >= 0.3 is 5.97 Å². The van der Waals surface area contributed by atoms with Crippen molar-refractivity contribution in [1.29, 1.82) is 0 Å². The average molecular weight is 249 g/mol. The number of esters is 1. The van der Waals surface area contributed by atoms with E-state index in [0.29, 0.717) is 16.8 Å². The molecule has 0 aromatic heterocycles. The Morgan fingerprint density at radius 3 is 2.17 bits per heavy atom. The molecule has 0 saturated carbocycles. The summed E-state index contributed by atoms with van der Waals surface area (Å²) in [6.07, 6.45) is 0. The largest absolute Gasteiger partial charge is 0.465 e. The molecular formula is C13H15NO4. The molecule has 0 aliphatic heterocycles. The first-order valence-corrected chi connectivity index (χ1v) is 5.38. The molecule has 0 unspecified atom stereocenters. The van der Waals surface area contributed by atoms with Gasteiger partial charge in [0.2, 0.25) is 5.91 Å². The second-order valence-electron chi connectivity index (χ2n) is 3.94. The first-order chi connectivity index (χ1) is 8.36. The summed E-state index contributed by atoms with van der Waals surface area (Å²) in [5, 5.41) is 2.54. The molecule has 18 heavy (non-hydrogen) atoms. The topological polar surface area (TPSA) is 72.5 Å². The smallest absolute Gasteiger partial charge is 0.339 e. The normalized spacial score (nSPS) is 9.78. The van der Waals surface area contributed by atoms with Gasteiger partial charge in [0.05, 0.1) is 18.4 Å². The minimum absolute atomic E-state index is 0.146. The highest BCUT2D eigenvalue weighted by atomic mass is 16.5. The summed E-state index contributed by atoms with van der Waals surface area (Å²) < 4.78 is 4.63. The number of ketones is 1. The number of rotatable bonds is 3. The van der Waals surface area contributed by atoms with Gasteiger partial charge in [0.15, 0.2) is 5.78 Å². The number of carbonyl (C=O) groups excluding carboxylic acids is 3. The van der Waals surface area contributed by atoms with E-state index in [4.69, 9.17) is 0 Å². The highest BCUT2D eigenvalue weighted by Crippen LogP contribution is 2.22. The van der Waals surface area contributed by atoms with Gasteiger partial charge in [-0.2, -0.15) is 0 Å². The van der Waals surface area contributed by atoms with Gasteiger partial charge < -0.3 is 10.1 Å². The number of benzene rings is 1.